The largest absolute Gasteiger partial charge is 0.370 e. The fourth-order valence-corrected chi connectivity index (χ4v) is 5.43. The third kappa shape index (κ3) is 4.43. The van der Waals surface area contributed by atoms with Gasteiger partial charge in [0.1, 0.15) is 6.04 Å². The van der Waals surface area contributed by atoms with Crippen molar-refractivity contribution < 1.29 is 19.2 Å². The van der Waals surface area contributed by atoms with E-state index in [4.69, 9.17) is 0 Å². The van der Waals surface area contributed by atoms with Crippen LogP contribution in [0.3, 0.4) is 0 Å². The van der Waals surface area contributed by atoms with Crippen LogP contribution in [0.2, 0.25) is 0 Å². The standard InChI is InChI=1S/C26H29N5O4/c1-30(21-7-3-2-6-20(21)28-15-16-5-4-12-27-14-16)17-8-9-18-19(13-17)26(35)31(25(18)34)22-10-11-23(32)29-24(22)33/h4-5,8-9,12-14,20-22,28H,2-3,6-7,10-11,15H2,1H3,(H,29,32,33)/t20-,21+,22?/m0/s1. The van der Waals surface area contributed by atoms with Gasteiger partial charge in [0, 0.05) is 50.2 Å². The molecule has 3 aliphatic rings. The lowest BCUT2D eigenvalue weighted by Crippen LogP contribution is -2.54. The van der Waals surface area contributed by atoms with E-state index in [-0.39, 0.29) is 30.8 Å². The van der Waals surface area contributed by atoms with Crippen molar-refractivity contribution in [3.63, 3.8) is 0 Å². The number of aromatic nitrogens is 1. The minimum Gasteiger partial charge on any atom is -0.370 e. The topological polar surface area (TPSA) is 112 Å². The molecule has 0 bridgehead atoms. The number of carbonyl (C=O) groups excluding carboxylic acids is 4. The first kappa shape index (κ1) is 23.2. The normalized spacial score (nSPS) is 24.4. The number of imide groups is 2. The molecule has 9 heteroatoms. The summed E-state index contributed by atoms with van der Waals surface area (Å²) in [5.74, 6) is -1.95. The van der Waals surface area contributed by atoms with Gasteiger partial charge in [0.2, 0.25) is 11.8 Å². The van der Waals surface area contributed by atoms with E-state index in [0.29, 0.717) is 11.1 Å². The van der Waals surface area contributed by atoms with Crippen molar-refractivity contribution in [1.82, 2.24) is 20.5 Å². The predicted octanol–water partition coefficient (Wildman–Crippen LogP) is 2.02. The zero-order chi connectivity index (χ0) is 24.5. The van der Waals surface area contributed by atoms with E-state index in [1.807, 2.05) is 25.4 Å². The van der Waals surface area contributed by atoms with E-state index in [1.165, 1.54) is 0 Å². The number of carbonyl (C=O) groups is 4. The van der Waals surface area contributed by atoms with E-state index in [9.17, 15) is 19.2 Å². The summed E-state index contributed by atoms with van der Waals surface area (Å²) < 4.78 is 0. The Hall–Kier alpha value is -3.59. The molecule has 3 atom stereocenters. The van der Waals surface area contributed by atoms with Gasteiger partial charge in [-0.25, -0.2) is 0 Å². The van der Waals surface area contributed by atoms with Crippen molar-refractivity contribution in [2.45, 2.75) is 63.2 Å². The highest BCUT2D eigenvalue weighted by Crippen LogP contribution is 2.33. The highest BCUT2D eigenvalue weighted by Gasteiger charge is 2.45. The number of rotatable bonds is 6. The van der Waals surface area contributed by atoms with Crippen LogP contribution >= 0.6 is 0 Å². The van der Waals surface area contributed by atoms with Gasteiger partial charge in [0.25, 0.3) is 11.8 Å². The van der Waals surface area contributed by atoms with Crippen LogP contribution in [-0.4, -0.2) is 58.7 Å². The summed E-state index contributed by atoms with van der Waals surface area (Å²) in [5, 5.41) is 5.91. The Labute approximate surface area is 203 Å². The number of fused-ring (bicyclic) bond motifs is 1. The van der Waals surface area contributed by atoms with Crippen LogP contribution in [0.25, 0.3) is 0 Å². The first-order valence-corrected chi connectivity index (χ1v) is 12.1. The van der Waals surface area contributed by atoms with Gasteiger partial charge < -0.3 is 10.2 Å². The summed E-state index contributed by atoms with van der Waals surface area (Å²) in [5.41, 5.74) is 2.59. The predicted molar refractivity (Wildman–Crippen MR) is 129 cm³/mol. The van der Waals surface area contributed by atoms with Gasteiger partial charge in [-0.1, -0.05) is 18.9 Å². The van der Waals surface area contributed by atoms with Crippen LogP contribution in [0, 0.1) is 0 Å². The van der Waals surface area contributed by atoms with Crippen LogP contribution in [-0.2, 0) is 16.1 Å². The molecular weight excluding hydrogens is 446 g/mol. The Kier molecular flexibility index (Phi) is 6.34. The summed E-state index contributed by atoms with van der Waals surface area (Å²) in [7, 11) is 2.02. The molecular formula is C26H29N5O4. The molecule has 2 aliphatic heterocycles. The molecule has 2 fully saturated rings. The number of pyridine rings is 1. The van der Waals surface area contributed by atoms with Crippen molar-refractivity contribution in [2.24, 2.45) is 0 Å². The molecule has 1 saturated carbocycles. The molecule has 4 amide bonds. The Bertz CT molecular complexity index is 1170. The van der Waals surface area contributed by atoms with E-state index in [2.05, 4.69) is 26.6 Å². The van der Waals surface area contributed by atoms with Gasteiger partial charge in [-0.2, -0.15) is 0 Å². The molecule has 0 radical (unpaired) electrons. The monoisotopic (exact) mass is 475 g/mol. The third-order valence-corrected chi connectivity index (χ3v) is 7.35. The molecule has 3 heterocycles. The number of hydrogen-bond donors (Lipinski definition) is 2. The number of hydrogen-bond acceptors (Lipinski definition) is 7. The van der Waals surface area contributed by atoms with Crippen LogP contribution in [0.4, 0.5) is 5.69 Å². The van der Waals surface area contributed by atoms with Gasteiger partial charge in [-0.15, -0.1) is 0 Å². The SMILES string of the molecule is CN(c1ccc2c(c1)C(=O)N(C1CCC(=O)NC1=O)C2=O)[C@@H]1CCCC[C@@H]1NCc1cccnc1. The molecule has 0 spiro atoms. The number of nitrogens with zero attached hydrogens (tertiary/aromatic N) is 3. The minimum absolute atomic E-state index is 0.104. The number of benzene rings is 1. The second-order valence-electron chi connectivity index (χ2n) is 9.49. The smallest absolute Gasteiger partial charge is 0.262 e. The highest BCUT2D eigenvalue weighted by molar-refractivity contribution is 6.23. The fourth-order valence-electron chi connectivity index (χ4n) is 5.43. The lowest BCUT2D eigenvalue weighted by atomic mass is 9.88. The summed E-state index contributed by atoms with van der Waals surface area (Å²) in [6.07, 6.45) is 8.25. The van der Waals surface area contributed by atoms with Gasteiger partial charge in [0.15, 0.2) is 0 Å². The van der Waals surface area contributed by atoms with E-state index in [1.54, 1.807) is 18.3 Å². The first-order chi connectivity index (χ1) is 16.9. The molecule has 2 aromatic rings. The Balaban J connectivity index is 1.34. The number of likely N-dealkylation sites (N-methyl/N-ethyl adjacent to an activating group) is 1. The first-order valence-electron chi connectivity index (χ1n) is 12.1. The Morgan fingerprint density at radius 1 is 1.06 bits per heavy atom. The molecule has 1 aliphatic carbocycles. The average Bonchev–Trinajstić information content (AvgIpc) is 3.12. The van der Waals surface area contributed by atoms with Crippen LogP contribution in [0.1, 0.15) is 64.8 Å². The number of piperidine rings is 1. The summed E-state index contributed by atoms with van der Waals surface area (Å²) in [4.78, 5) is 57.4. The van der Waals surface area contributed by atoms with Crippen LogP contribution in [0.5, 0.6) is 0 Å². The maximum absolute atomic E-state index is 13.2. The maximum atomic E-state index is 13.2. The van der Waals surface area contributed by atoms with Gasteiger partial charge in [0.05, 0.1) is 11.1 Å². The van der Waals surface area contributed by atoms with Gasteiger partial charge >= 0.3 is 0 Å². The average molecular weight is 476 g/mol. The molecule has 2 N–H and O–H groups in total. The van der Waals surface area contributed by atoms with Gasteiger partial charge in [-0.3, -0.25) is 34.4 Å². The van der Waals surface area contributed by atoms with E-state index in [0.717, 1.165) is 48.4 Å². The summed E-state index contributed by atoms with van der Waals surface area (Å²) in [6, 6.07) is 8.84. The molecule has 1 saturated heterocycles. The molecule has 1 unspecified atom stereocenters. The zero-order valence-electron chi connectivity index (χ0n) is 19.7. The summed E-state index contributed by atoms with van der Waals surface area (Å²) >= 11 is 0. The Morgan fingerprint density at radius 2 is 1.86 bits per heavy atom. The number of amides is 4. The Morgan fingerprint density at radius 3 is 2.63 bits per heavy atom. The van der Waals surface area contributed by atoms with Crippen LogP contribution in [0.15, 0.2) is 42.7 Å². The fraction of sp³-hybridized carbons (Fsp3) is 0.423. The van der Waals surface area contributed by atoms with Crippen molar-refractivity contribution >= 4 is 29.3 Å². The van der Waals surface area contributed by atoms with Gasteiger partial charge in [-0.05, 0) is 49.1 Å². The lowest BCUT2D eigenvalue weighted by molar-refractivity contribution is -0.136. The second kappa shape index (κ2) is 9.58. The molecule has 5 rings (SSSR count). The molecule has 35 heavy (non-hydrogen) atoms. The highest BCUT2D eigenvalue weighted by atomic mass is 16.2. The quantitative estimate of drug-likeness (QED) is 0.615. The van der Waals surface area contributed by atoms with Crippen molar-refractivity contribution in [3.05, 3.63) is 59.4 Å². The van der Waals surface area contributed by atoms with Crippen molar-refractivity contribution in [2.75, 3.05) is 11.9 Å². The van der Waals surface area contributed by atoms with E-state index >= 15 is 0 Å². The molecule has 9 nitrogen and oxygen atoms in total. The maximum Gasteiger partial charge on any atom is 0.262 e. The third-order valence-electron chi connectivity index (χ3n) is 7.35. The number of anilines is 1. The molecule has 1 aromatic carbocycles. The minimum atomic E-state index is -0.958. The van der Waals surface area contributed by atoms with Crippen molar-refractivity contribution in [1.29, 1.82) is 0 Å². The lowest BCUT2D eigenvalue weighted by Gasteiger charge is -2.40. The van der Waals surface area contributed by atoms with E-state index < -0.39 is 23.8 Å². The zero-order valence-corrected chi connectivity index (χ0v) is 19.7. The number of nitrogens with one attached hydrogen (secondary N) is 2. The molecule has 1 aromatic heterocycles. The van der Waals surface area contributed by atoms with Crippen LogP contribution < -0.4 is 15.5 Å². The second-order valence-corrected chi connectivity index (χ2v) is 9.49. The molecule has 182 valence electrons. The summed E-state index contributed by atoms with van der Waals surface area (Å²) in [6.45, 7) is 0.737. The van der Waals surface area contributed by atoms with Crippen molar-refractivity contribution in [3.8, 4) is 0 Å².